The quantitative estimate of drug-likeness (QED) is 0.599. The summed E-state index contributed by atoms with van der Waals surface area (Å²) in [5, 5.41) is 5.44. The Morgan fingerprint density at radius 2 is 1.61 bits per heavy atom. The zero-order valence-electron chi connectivity index (χ0n) is 16.3. The zero-order valence-corrected chi connectivity index (χ0v) is 17.1. The number of aryl methyl sites for hydroxylation is 1. The molecule has 2 amide bonds. The number of nitrogens with one attached hydrogen (secondary N) is 2. The van der Waals surface area contributed by atoms with Crippen LogP contribution in [-0.2, 0) is 20.4 Å². The van der Waals surface area contributed by atoms with Crippen molar-refractivity contribution >= 4 is 34.0 Å². The van der Waals surface area contributed by atoms with Crippen LogP contribution in [0, 0.1) is 6.92 Å². The molecule has 0 fully saturated rings. The van der Waals surface area contributed by atoms with Gasteiger partial charge in [-0.2, -0.15) is 0 Å². The van der Waals surface area contributed by atoms with Gasteiger partial charge in [0.2, 0.25) is 11.8 Å². The first-order chi connectivity index (χ1) is 13.4. The lowest BCUT2D eigenvalue weighted by Gasteiger charge is -2.19. The molecule has 1 atom stereocenters. The molecule has 0 saturated heterocycles. The fourth-order valence-electron chi connectivity index (χ4n) is 2.58. The van der Waals surface area contributed by atoms with Crippen molar-refractivity contribution < 1.29 is 13.8 Å². The smallest absolute Gasteiger partial charge is 0.237 e. The van der Waals surface area contributed by atoms with Crippen LogP contribution in [0.3, 0.4) is 0 Å². The number of carbonyl (C=O) groups is 2. The Bertz CT molecular complexity index is 794. The fourth-order valence-corrected chi connectivity index (χ4v) is 3.45. The normalized spacial score (nSPS) is 11.5. The second-order valence-electron chi connectivity index (χ2n) is 6.60. The lowest BCUT2D eigenvalue weighted by atomic mass is 10.2. The third-order valence-electron chi connectivity index (χ3n) is 4.11. The highest BCUT2D eigenvalue weighted by molar-refractivity contribution is 7.86. The van der Waals surface area contributed by atoms with Crippen LogP contribution in [0.2, 0.25) is 0 Å². The molecule has 0 unspecified atom stereocenters. The van der Waals surface area contributed by atoms with Gasteiger partial charge in [0.15, 0.2) is 0 Å². The Morgan fingerprint density at radius 3 is 2.29 bits per heavy atom. The number of nitrogens with zero attached hydrogens (tertiary/aromatic N) is 1. The maximum atomic E-state index is 12.0. The van der Waals surface area contributed by atoms with Crippen LogP contribution < -0.4 is 15.5 Å². The number of carbonyl (C=O) groups excluding carboxylic acids is 2. The monoisotopic (exact) mass is 401 g/mol. The van der Waals surface area contributed by atoms with Crippen LogP contribution in [-0.4, -0.2) is 47.7 Å². The van der Waals surface area contributed by atoms with Gasteiger partial charge in [-0.05, 0) is 37.6 Å². The molecule has 2 aromatic rings. The molecule has 0 aliphatic carbocycles. The van der Waals surface area contributed by atoms with Gasteiger partial charge in [-0.15, -0.1) is 0 Å². The van der Waals surface area contributed by atoms with Gasteiger partial charge in [0, 0.05) is 42.3 Å². The molecular weight excluding hydrogens is 374 g/mol. The van der Waals surface area contributed by atoms with E-state index in [1.165, 1.54) is 0 Å². The highest BCUT2D eigenvalue weighted by atomic mass is 32.2. The number of hydrogen-bond donors (Lipinski definition) is 2. The fraction of sp³-hybridized carbons (Fsp3) is 0.333. The highest BCUT2D eigenvalue weighted by Crippen LogP contribution is 2.10. The first-order valence-corrected chi connectivity index (χ1v) is 10.7. The molecule has 0 aromatic heterocycles. The van der Waals surface area contributed by atoms with Crippen LogP contribution in [0.25, 0.3) is 0 Å². The van der Waals surface area contributed by atoms with E-state index in [-0.39, 0.29) is 23.3 Å². The number of benzene rings is 2. The average Bonchev–Trinajstić information content (AvgIpc) is 2.67. The van der Waals surface area contributed by atoms with Crippen molar-refractivity contribution in [1.29, 1.82) is 0 Å². The molecule has 28 heavy (non-hydrogen) atoms. The molecule has 0 saturated carbocycles. The van der Waals surface area contributed by atoms with E-state index in [0.29, 0.717) is 12.2 Å². The number of hydrogen-bond acceptors (Lipinski definition) is 4. The Kier molecular flexibility index (Phi) is 8.68. The molecular formula is C21H27N3O3S. The summed E-state index contributed by atoms with van der Waals surface area (Å²) in [5.74, 6) is -1.03. The van der Waals surface area contributed by atoms with Crippen molar-refractivity contribution in [2.24, 2.45) is 0 Å². The Morgan fingerprint density at radius 1 is 0.964 bits per heavy atom. The third-order valence-corrected chi connectivity index (χ3v) is 5.28. The van der Waals surface area contributed by atoms with Gasteiger partial charge in [0.25, 0.3) is 0 Å². The summed E-state index contributed by atoms with van der Waals surface area (Å²) < 4.78 is 12.0. The standard InChI is InChI=1S/C21H27N3O3S/c1-17-9-11-18(12-10-17)23-21(26)16-28(27)15-20(25)22-13-6-14-24(2)19-7-4-3-5-8-19/h3-5,7-12H,6,13-16H2,1-2H3,(H,22,25)(H,23,26)/t28-/m1/s1. The number of anilines is 2. The van der Waals surface area contributed by atoms with Crippen molar-refractivity contribution in [2.75, 3.05) is 41.9 Å². The maximum Gasteiger partial charge on any atom is 0.237 e. The van der Waals surface area contributed by atoms with Gasteiger partial charge >= 0.3 is 0 Å². The first-order valence-electron chi connectivity index (χ1n) is 9.18. The minimum atomic E-state index is -1.54. The van der Waals surface area contributed by atoms with Crippen molar-refractivity contribution in [3.63, 3.8) is 0 Å². The molecule has 0 bridgehead atoms. The van der Waals surface area contributed by atoms with Crippen molar-refractivity contribution in [2.45, 2.75) is 13.3 Å². The summed E-state index contributed by atoms with van der Waals surface area (Å²) in [5.41, 5.74) is 2.86. The van der Waals surface area contributed by atoms with Gasteiger partial charge in [-0.3, -0.25) is 13.8 Å². The van der Waals surface area contributed by atoms with E-state index in [9.17, 15) is 13.8 Å². The van der Waals surface area contributed by atoms with Gasteiger partial charge in [0.05, 0.1) is 0 Å². The summed E-state index contributed by atoms with van der Waals surface area (Å²) in [6.45, 7) is 3.26. The minimum Gasteiger partial charge on any atom is -0.375 e. The molecule has 0 aliphatic rings. The molecule has 2 N–H and O–H groups in total. The second kappa shape index (κ2) is 11.2. The SMILES string of the molecule is Cc1ccc(NC(=O)C[S@](=O)CC(=O)NCCCN(C)c2ccccc2)cc1. The van der Waals surface area contributed by atoms with E-state index in [4.69, 9.17) is 0 Å². The lowest BCUT2D eigenvalue weighted by Crippen LogP contribution is -2.33. The average molecular weight is 402 g/mol. The lowest BCUT2D eigenvalue weighted by molar-refractivity contribution is -0.118. The second-order valence-corrected chi connectivity index (χ2v) is 8.06. The summed E-state index contributed by atoms with van der Waals surface area (Å²) in [4.78, 5) is 25.9. The van der Waals surface area contributed by atoms with Crippen molar-refractivity contribution in [1.82, 2.24) is 5.32 Å². The van der Waals surface area contributed by atoms with E-state index in [2.05, 4.69) is 15.5 Å². The Balaban J connectivity index is 1.62. The number of amides is 2. The molecule has 7 heteroatoms. The van der Waals surface area contributed by atoms with Crippen LogP contribution in [0.4, 0.5) is 11.4 Å². The van der Waals surface area contributed by atoms with E-state index in [1.54, 1.807) is 12.1 Å². The molecule has 0 aliphatic heterocycles. The van der Waals surface area contributed by atoms with Crippen LogP contribution >= 0.6 is 0 Å². The predicted octanol–water partition coefficient (Wildman–Crippen LogP) is 2.32. The van der Waals surface area contributed by atoms with Crippen molar-refractivity contribution in [3.05, 3.63) is 60.2 Å². The summed E-state index contributed by atoms with van der Waals surface area (Å²) in [6, 6.07) is 17.3. The molecule has 0 spiro atoms. The molecule has 150 valence electrons. The van der Waals surface area contributed by atoms with Crippen LogP contribution in [0.5, 0.6) is 0 Å². The van der Waals surface area contributed by atoms with E-state index >= 15 is 0 Å². The molecule has 0 radical (unpaired) electrons. The van der Waals surface area contributed by atoms with E-state index < -0.39 is 10.8 Å². The predicted molar refractivity (Wildman–Crippen MR) is 115 cm³/mol. The maximum absolute atomic E-state index is 12.0. The Hall–Kier alpha value is -2.67. The summed E-state index contributed by atoms with van der Waals surface area (Å²) in [6.07, 6.45) is 0.775. The number of para-hydroxylation sites is 1. The van der Waals surface area contributed by atoms with Crippen molar-refractivity contribution in [3.8, 4) is 0 Å². The molecule has 0 heterocycles. The Labute approximate surface area is 168 Å². The van der Waals surface area contributed by atoms with Gasteiger partial charge < -0.3 is 15.5 Å². The topological polar surface area (TPSA) is 78.5 Å². The highest BCUT2D eigenvalue weighted by Gasteiger charge is 2.12. The zero-order chi connectivity index (χ0) is 20.4. The van der Waals surface area contributed by atoms with Crippen LogP contribution in [0.1, 0.15) is 12.0 Å². The van der Waals surface area contributed by atoms with Crippen LogP contribution in [0.15, 0.2) is 54.6 Å². The summed E-state index contributed by atoms with van der Waals surface area (Å²) in [7, 11) is 0.462. The third kappa shape index (κ3) is 7.92. The van der Waals surface area contributed by atoms with Gasteiger partial charge in [-0.25, -0.2) is 0 Å². The van der Waals surface area contributed by atoms with Gasteiger partial charge in [0.1, 0.15) is 11.5 Å². The largest absolute Gasteiger partial charge is 0.375 e. The molecule has 2 aromatic carbocycles. The minimum absolute atomic E-state index is 0.171. The number of rotatable bonds is 10. The molecule has 2 rings (SSSR count). The molecule has 6 nitrogen and oxygen atoms in total. The summed E-state index contributed by atoms with van der Waals surface area (Å²) >= 11 is 0. The van der Waals surface area contributed by atoms with E-state index in [0.717, 1.165) is 24.2 Å². The first kappa shape index (κ1) is 21.6. The van der Waals surface area contributed by atoms with E-state index in [1.807, 2.05) is 56.4 Å². The van der Waals surface area contributed by atoms with Gasteiger partial charge in [-0.1, -0.05) is 35.9 Å².